The van der Waals surface area contributed by atoms with E-state index >= 15 is 0 Å². The van der Waals surface area contributed by atoms with Gasteiger partial charge in [0.1, 0.15) is 11.4 Å². The first kappa shape index (κ1) is 20.3. The van der Waals surface area contributed by atoms with Crippen LogP contribution in [0.5, 0.6) is 5.75 Å². The average Bonchev–Trinajstić information content (AvgIpc) is 3.30. The number of halogens is 1. The molecule has 0 aliphatic heterocycles. The monoisotopic (exact) mass is 443 g/mol. The number of nitrogens with one attached hydrogen (secondary N) is 1. The van der Waals surface area contributed by atoms with Gasteiger partial charge in [-0.05, 0) is 42.8 Å². The van der Waals surface area contributed by atoms with E-state index in [9.17, 15) is 0 Å². The molecule has 3 aromatic carbocycles. The highest BCUT2D eigenvalue weighted by atomic mass is 35.5. The maximum absolute atomic E-state index is 6.21. The largest absolute Gasteiger partial charge is 0.497 e. The number of anilines is 1. The van der Waals surface area contributed by atoms with Gasteiger partial charge in [0.15, 0.2) is 0 Å². The molecule has 2 aromatic heterocycles. The molecule has 0 spiro atoms. The summed E-state index contributed by atoms with van der Waals surface area (Å²) in [6, 6.07) is 21.8. The van der Waals surface area contributed by atoms with Gasteiger partial charge in [-0.2, -0.15) is 0 Å². The Morgan fingerprint density at radius 1 is 0.969 bits per heavy atom. The van der Waals surface area contributed by atoms with Crippen LogP contribution in [0.3, 0.4) is 0 Å². The van der Waals surface area contributed by atoms with E-state index in [1.807, 2.05) is 77.6 Å². The van der Waals surface area contributed by atoms with Crippen LogP contribution < -0.4 is 10.1 Å². The lowest BCUT2D eigenvalue weighted by atomic mass is 10.1. The van der Waals surface area contributed by atoms with Crippen LogP contribution in [0.1, 0.15) is 6.42 Å². The number of methoxy groups -OCH3 is 1. The number of hydrogen-bond donors (Lipinski definition) is 1. The van der Waals surface area contributed by atoms with Gasteiger partial charge in [0.05, 0.1) is 30.0 Å². The number of aromatic nitrogens is 4. The summed E-state index contributed by atoms with van der Waals surface area (Å²) in [5.41, 5.74) is 4.74. The Morgan fingerprint density at radius 3 is 2.69 bits per heavy atom. The highest BCUT2D eigenvalue weighted by Gasteiger charge is 2.11. The molecule has 0 atom stereocenters. The number of pyridine rings is 1. The molecule has 160 valence electrons. The third-order valence-corrected chi connectivity index (χ3v) is 5.65. The molecule has 32 heavy (non-hydrogen) atoms. The first-order valence-corrected chi connectivity index (χ1v) is 10.9. The minimum atomic E-state index is 0.671. The van der Waals surface area contributed by atoms with Crippen LogP contribution in [0.2, 0.25) is 5.02 Å². The normalized spacial score (nSPS) is 11.2. The van der Waals surface area contributed by atoms with Crippen LogP contribution in [0.4, 0.5) is 5.69 Å². The molecule has 0 fully saturated rings. The van der Waals surface area contributed by atoms with Gasteiger partial charge in [-0.15, -0.1) is 5.10 Å². The maximum Gasteiger partial charge on any atom is 0.119 e. The van der Waals surface area contributed by atoms with Crippen molar-refractivity contribution in [1.29, 1.82) is 0 Å². The highest BCUT2D eigenvalue weighted by Crippen LogP contribution is 2.34. The molecule has 5 aromatic rings. The van der Waals surface area contributed by atoms with E-state index in [-0.39, 0.29) is 0 Å². The van der Waals surface area contributed by atoms with E-state index in [4.69, 9.17) is 21.3 Å². The smallest absolute Gasteiger partial charge is 0.119 e. The number of fused-ring (bicyclic) bond motifs is 2. The fraction of sp³-hybridized carbons (Fsp3) is 0.160. The molecule has 7 heteroatoms. The summed E-state index contributed by atoms with van der Waals surface area (Å²) in [4.78, 5) is 4.78. The molecule has 5 rings (SSSR count). The lowest BCUT2D eigenvalue weighted by Crippen LogP contribution is -2.08. The van der Waals surface area contributed by atoms with Crippen molar-refractivity contribution in [2.24, 2.45) is 0 Å². The molecule has 0 aliphatic rings. The Labute approximate surface area is 190 Å². The van der Waals surface area contributed by atoms with E-state index in [0.717, 1.165) is 64.0 Å². The zero-order chi connectivity index (χ0) is 21.9. The third kappa shape index (κ3) is 4.09. The number of ether oxygens (including phenoxy) is 1. The van der Waals surface area contributed by atoms with Gasteiger partial charge in [-0.25, -0.2) is 4.98 Å². The first-order chi connectivity index (χ1) is 15.7. The van der Waals surface area contributed by atoms with Gasteiger partial charge in [0, 0.05) is 34.4 Å². The number of rotatable bonds is 7. The molecule has 0 aliphatic carbocycles. The number of benzene rings is 3. The summed E-state index contributed by atoms with van der Waals surface area (Å²) in [6.45, 7) is 1.54. The minimum Gasteiger partial charge on any atom is -0.497 e. The summed E-state index contributed by atoms with van der Waals surface area (Å²) in [5.74, 6) is 0.798. The van der Waals surface area contributed by atoms with E-state index in [1.54, 1.807) is 7.11 Å². The zero-order valence-electron chi connectivity index (χ0n) is 17.6. The number of aryl methyl sites for hydroxylation is 1. The van der Waals surface area contributed by atoms with Gasteiger partial charge >= 0.3 is 0 Å². The van der Waals surface area contributed by atoms with E-state index < -0.39 is 0 Å². The second kappa shape index (κ2) is 8.85. The number of nitrogens with zero attached hydrogens (tertiary/aromatic N) is 4. The van der Waals surface area contributed by atoms with Crippen LogP contribution in [-0.4, -0.2) is 33.6 Å². The Bertz CT molecular complexity index is 1380. The SMILES string of the molecule is COc1ccc2nc3cc(Cl)ccc3c(NCCCn3cc(-c4ccccc4)nn3)c2c1. The average molecular weight is 444 g/mol. The molecule has 6 nitrogen and oxygen atoms in total. The Kier molecular flexibility index (Phi) is 5.60. The lowest BCUT2D eigenvalue weighted by Gasteiger charge is -2.14. The van der Waals surface area contributed by atoms with Gasteiger partial charge < -0.3 is 10.1 Å². The molecule has 0 saturated heterocycles. The van der Waals surface area contributed by atoms with Gasteiger partial charge in [0.25, 0.3) is 0 Å². The molecular weight excluding hydrogens is 422 g/mol. The molecule has 0 saturated carbocycles. The van der Waals surface area contributed by atoms with Crippen molar-refractivity contribution < 1.29 is 4.74 Å². The van der Waals surface area contributed by atoms with Crippen molar-refractivity contribution in [2.75, 3.05) is 19.0 Å². The molecule has 1 N–H and O–H groups in total. The third-order valence-electron chi connectivity index (χ3n) is 5.42. The van der Waals surface area contributed by atoms with Crippen LogP contribution in [-0.2, 0) is 6.54 Å². The summed E-state index contributed by atoms with van der Waals surface area (Å²) in [5, 5.41) is 14.9. The highest BCUT2D eigenvalue weighted by molar-refractivity contribution is 6.31. The van der Waals surface area contributed by atoms with Crippen molar-refractivity contribution in [3.05, 3.63) is 77.9 Å². The van der Waals surface area contributed by atoms with Gasteiger partial charge in [0.2, 0.25) is 0 Å². The second-order valence-corrected chi connectivity index (χ2v) is 7.98. The Balaban J connectivity index is 1.36. The lowest BCUT2D eigenvalue weighted by molar-refractivity contribution is 0.415. The van der Waals surface area contributed by atoms with Gasteiger partial charge in [-0.3, -0.25) is 4.68 Å². The number of hydrogen-bond acceptors (Lipinski definition) is 5. The molecule has 2 heterocycles. The van der Waals surface area contributed by atoms with Crippen LogP contribution in [0, 0.1) is 0 Å². The molecule has 0 unspecified atom stereocenters. The van der Waals surface area contributed by atoms with E-state index in [2.05, 4.69) is 15.6 Å². The predicted molar refractivity (Wildman–Crippen MR) is 129 cm³/mol. The molecule has 0 radical (unpaired) electrons. The van der Waals surface area contributed by atoms with Crippen LogP contribution >= 0.6 is 11.6 Å². The molecular formula is C25H22ClN5O. The fourth-order valence-corrected chi connectivity index (χ4v) is 3.98. The van der Waals surface area contributed by atoms with E-state index in [0.29, 0.717) is 5.02 Å². The van der Waals surface area contributed by atoms with Crippen LogP contribution in [0.15, 0.2) is 72.9 Å². The summed E-state index contributed by atoms with van der Waals surface area (Å²) < 4.78 is 7.32. The maximum atomic E-state index is 6.21. The standard InChI is InChI=1S/C25H22ClN5O/c1-32-19-9-11-22-21(15-19)25(20-10-8-18(26)14-23(20)28-22)27-12-5-13-31-16-24(29-30-31)17-6-3-2-4-7-17/h2-4,6-11,14-16H,5,12-13H2,1H3,(H,27,28). The molecule has 0 amide bonds. The quantitative estimate of drug-likeness (QED) is 0.254. The van der Waals surface area contributed by atoms with Crippen molar-refractivity contribution in [3.8, 4) is 17.0 Å². The van der Waals surface area contributed by atoms with Crippen molar-refractivity contribution >= 4 is 39.1 Å². The van der Waals surface area contributed by atoms with Crippen molar-refractivity contribution in [2.45, 2.75) is 13.0 Å². The summed E-state index contributed by atoms with van der Waals surface area (Å²) in [6.07, 6.45) is 2.87. The zero-order valence-corrected chi connectivity index (χ0v) is 18.4. The van der Waals surface area contributed by atoms with Crippen molar-refractivity contribution in [3.63, 3.8) is 0 Å². The van der Waals surface area contributed by atoms with Crippen LogP contribution in [0.25, 0.3) is 33.1 Å². The molecule has 0 bridgehead atoms. The second-order valence-electron chi connectivity index (χ2n) is 7.54. The van der Waals surface area contributed by atoms with E-state index in [1.165, 1.54) is 0 Å². The Morgan fingerprint density at radius 2 is 1.84 bits per heavy atom. The summed E-state index contributed by atoms with van der Waals surface area (Å²) in [7, 11) is 1.67. The predicted octanol–water partition coefficient (Wildman–Crippen LogP) is 5.81. The fourth-order valence-electron chi connectivity index (χ4n) is 3.82. The minimum absolute atomic E-state index is 0.671. The van der Waals surface area contributed by atoms with Gasteiger partial charge in [-0.1, -0.05) is 47.1 Å². The van der Waals surface area contributed by atoms with Crippen molar-refractivity contribution in [1.82, 2.24) is 20.0 Å². The Hall–Kier alpha value is -3.64. The topological polar surface area (TPSA) is 64.9 Å². The first-order valence-electron chi connectivity index (χ1n) is 10.5. The summed E-state index contributed by atoms with van der Waals surface area (Å²) >= 11 is 6.21.